The molecule has 2 aliphatic rings. The summed E-state index contributed by atoms with van der Waals surface area (Å²) in [4.78, 5) is 7.25. The van der Waals surface area contributed by atoms with Crippen LogP contribution in [-0.4, -0.2) is 29.7 Å². The lowest BCUT2D eigenvalue weighted by molar-refractivity contribution is 0.0519. The van der Waals surface area contributed by atoms with Crippen LogP contribution in [0.5, 0.6) is 5.75 Å². The number of benzene rings is 2. The zero-order valence-corrected chi connectivity index (χ0v) is 17.1. The molecule has 2 unspecified atom stereocenters. The third-order valence-electron chi connectivity index (χ3n) is 6.54. The molecule has 5 heteroatoms. The van der Waals surface area contributed by atoms with Gasteiger partial charge in [-0.3, -0.25) is 0 Å². The Morgan fingerprint density at radius 2 is 1.82 bits per heavy atom. The van der Waals surface area contributed by atoms with Gasteiger partial charge in [0.1, 0.15) is 11.9 Å². The van der Waals surface area contributed by atoms with Crippen molar-refractivity contribution < 1.29 is 4.74 Å². The fraction of sp³-hybridized carbons (Fsp3) is 0.435. The van der Waals surface area contributed by atoms with Crippen LogP contribution in [0.4, 0.5) is 5.13 Å². The van der Waals surface area contributed by atoms with Crippen LogP contribution >= 0.6 is 11.3 Å². The molecule has 1 saturated heterocycles. The molecule has 2 atom stereocenters. The largest absolute Gasteiger partial charge is 0.488 e. The van der Waals surface area contributed by atoms with Crippen LogP contribution < -0.4 is 15.4 Å². The van der Waals surface area contributed by atoms with Crippen molar-refractivity contribution >= 4 is 26.7 Å². The Kier molecular flexibility index (Phi) is 4.52. The van der Waals surface area contributed by atoms with Gasteiger partial charge in [0.2, 0.25) is 0 Å². The molecule has 5 rings (SSSR count). The number of nitrogens with zero attached hydrogens (tertiary/aromatic N) is 2. The Balaban J connectivity index is 1.27. The normalized spacial score (nSPS) is 22.5. The lowest BCUT2D eigenvalue weighted by atomic mass is 9.74. The van der Waals surface area contributed by atoms with Crippen molar-refractivity contribution in [3.63, 3.8) is 0 Å². The van der Waals surface area contributed by atoms with Gasteiger partial charge in [0, 0.05) is 13.1 Å². The highest BCUT2D eigenvalue weighted by Crippen LogP contribution is 2.38. The van der Waals surface area contributed by atoms with Gasteiger partial charge >= 0.3 is 0 Å². The summed E-state index contributed by atoms with van der Waals surface area (Å²) < 4.78 is 7.61. The number of ether oxygens (including phenoxy) is 1. The molecule has 1 aromatic heterocycles. The molecule has 0 aliphatic carbocycles. The molecule has 0 saturated carbocycles. The number of hydrogen-bond donors (Lipinski definition) is 1. The molecule has 1 fully saturated rings. The standard InChI is InChI=1S/C23H27N3OS/c1-23(24,21-11-10-16-6-2-4-8-19(16)27-21)17-12-14-26(15-13-17)22-25-18-7-3-5-9-20(18)28-22/h2-9,17,21H,10-15,24H2,1H3. The van der Waals surface area contributed by atoms with E-state index in [1.807, 2.05) is 6.07 Å². The average molecular weight is 394 g/mol. The molecule has 3 aromatic rings. The number of aryl methyl sites for hydroxylation is 1. The van der Waals surface area contributed by atoms with Crippen molar-refractivity contribution in [3.8, 4) is 5.75 Å². The number of piperidine rings is 1. The number of fused-ring (bicyclic) bond motifs is 2. The Morgan fingerprint density at radius 1 is 1.07 bits per heavy atom. The van der Waals surface area contributed by atoms with E-state index in [4.69, 9.17) is 15.5 Å². The van der Waals surface area contributed by atoms with Crippen LogP contribution in [0, 0.1) is 5.92 Å². The Hall–Kier alpha value is -2.11. The fourth-order valence-corrected chi connectivity index (χ4v) is 5.73. The van der Waals surface area contributed by atoms with Crippen molar-refractivity contribution in [3.05, 3.63) is 54.1 Å². The quantitative estimate of drug-likeness (QED) is 0.705. The summed E-state index contributed by atoms with van der Waals surface area (Å²) in [6.07, 6.45) is 4.32. The SMILES string of the molecule is CC(N)(C1CCN(c2nc3ccccc3s2)CC1)C1CCc2ccccc2O1. The minimum atomic E-state index is -0.312. The van der Waals surface area contributed by atoms with E-state index >= 15 is 0 Å². The van der Waals surface area contributed by atoms with Crippen LogP contribution in [0.1, 0.15) is 31.7 Å². The predicted octanol–water partition coefficient (Wildman–Crippen LogP) is 4.62. The second-order valence-electron chi connectivity index (χ2n) is 8.34. The van der Waals surface area contributed by atoms with Gasteiger partial charge in [-0.05, 0) is 62.3 Å². The first-order valence-corrected chi connectivity index (χ1v) is 11.1. The summed E-state index contributed by atoms with van der Waals surface area (Å²) in [5, 5.41) is 1.14. The molecule has 0 radical (unpaired) electrons. The molecule has 2 aromatic carbocycles. The predicted molar refractivity (Wildman–Crippen MR) is 116 cm³/mol. The number of hydrogen-bond acceptors (Lipinski definition) is 5. The zero-order chi connectivity index (χ0) is 19.1. The Bertz CT molecular complexity index is 942. The fourth-order valence-electron chi connectivity index (χ4n) is 4.71. The van der Waals surface area contributed by atoms with E-state index < -0.39 is 0 Å². The highest BCUT2D eigenvalue weighted by Gasteiger charge is 2.42. The summed E-state index contributed by atoms with van der Waals surface area (Å²) in [5.41, 5.74) is 9.01. The minimum absolute atomic E-state index is 0.0846. The highest BCUT2D eigenvalue weighted by atomic mass is 32.1. The van der Waals surface area contributed by atoms with Crippen LogP contribution in [0.3, 0.4) is 0 Å². The summed E-state index contributed by atoms with van der Waals surface area (Å²) in [6, 6.07) is 16.8. The lowest BCUT2D eigenvalue weighted by Gasteiger charge is -2.45. The monoisotopic (exact) mass is 393 g/mol. The maximum Gasteiger partial charge on any atom is 0.186 e. The molecule has 0 bridgehead atoms. The Morgan fingerprint density at radius 3 is 2.64 bits per heavy atom. The van der Waals surface area contributed by atoms with Crippen molar-refractivity contribution in [1.29, 1.82) is 0 Å². The number of rotatable bonds is 3. The van der Waals surface area contributed by atoms with Gasteiger partial charge in [-0.25, -0.2) is 4.98 Å². The average Bonchev–Trinajstić information content (AvgIpc) is 3.18. The first-order chi connectivity index (χ1) is 13.6. The van der Waals surface area contributed by atoms with Gasteiger partial charge in [0.05, 0.1) is 15.8 Å². The van der Waals surface area contributed by atoms with E-state index in [-0.39, 0.29) is 11.6 Å². The second-order valence-corrected chi connectivity index (χ2v) is 9.35. The second kappa shape index (κ2) is 7.05. The smallest absolute Gasteiger partial charge is 0.186 e. The van der Waals surface area contributed by atoms with E-state index in [2.05, 4.69) is 54.3 Å². The third-order valence-corrected chi connectivity index (χ3v) is 7.64. The molecule has 4 nitrogen and oxygen atoms in total. The summed E-state index contributed by atoms with van der Waals surface area (Å²) in [5.74, 6) is 1.48. The third kappa shape index (κ3) is 3.16. The van der Waals surface area contributed by atoms with Crippen LogP contribution in [-0.2, 0) is 6.42 Å². The molecule has 0 amide bonds. The first-order valence-electron chi connectivity index (χ1n) is 10.3. The van der Waals surface area contributed by atoms with Crippen molar-refractivity contribution in [1.82, 2.24) is 4.98 Å². The molecular weight excluding hydrogens is 366 g/mol. The van der Waals surface area contributed by atoms with Gasteiger partial charge in [-0.2, -0.15) is 0 Å². The van der Waals surface area contributed by atoms with E-state index in [1.165, 1.54) is 10.3 Å². The van der Waals surface area contributed by atoms with Gasteiger partial charge in [-0.1, -0.05) is 41.7 Å². The number of anilines is 1. The van der Waals surface area contributed by atoms with Gasteiger partial charge < -0.3 is 15.4 Å². The number of thiazole rings is 1. The molecular formula is C23H27N3OS. The molecule has 2 N–H and O–H groups in total. The highest BCUT2D eigenvalue weighted by molar-refractivity contribution is 7.22. The molecule has 146 valence electrons. The van der Waals surface area contributed by atoms with Crippen LogP contribution in [0.2, 0.25) is 0 Å². The van der Waals surface area contributed by atoms with Crippen molar-refractivity contribution in [2.45, 2.75) is 44.2 Å². The van der Waals surface area contributed by atoms with Crippen LogP contribution in [0.25, 0.3) is 10.2 Å². The lowest BCUT2D eigenvalue weighted by Crippen LogP contribution is -2.59. The summed E-state index contributed by atoms with van der Waals surface area (Å²) in [6.45, 7) is 4.23. The van der Waals surface area contributed by atoms with Crippen LogP contribution in [0.15, 0.2) is 48.5 Å². The van der Waals surface area contributed by atoms with Gasteiger partial charge in [-0.15, -0.1) is 0 Å². The molecule has 3 heterocycles. The maximum absolute atomic E-state index is 6.91. The summed E-state index contributed by atoms with van der Waals surface area (Å²) in [7, 11) is 0. The molecule has 2 aliphatic heterocycles. The minimum Gasteiger partial charge on any atom is -0.488 e. The zero-order valence-electron chi connectivity index (χ0n) is 16.3. The Labute approximate surface area is 170 Å². The van der Waals surface area contributed by atoms with Crippen molar-refractivity contribution in [2.75, 3.05) is 18.0 Å². The number of para-hydroxylation sites is 2. The molecule has 0 spiro atoms. The maximum atomic E-state index is 6.91. The van der Waals surface area contributed by atoms with E-state index in [0.717, 1.165) is 55.2 Å². The molecule has 28 heavy (non-hydrogen) atoms. The van der Waals surface area contributed by atoms with Crippen molar-refractivity contribution in [2.24, 2.45) is 11.7 Å². The number of nitrogens with two attached hydrogens (primary N) is 1. The van der Waals surface area contributed by atoms with E-state index in [1.54, 1.807) is 11.3 Å². The topological polar surface area (TPSA) is 51.4 Å². The summed E-state index contributed by atoms with van der Waals surface area (Å²) >= 11 is 1.79. The van der Waals surface area contributed by atoms with Gasteiger partial charge in [0.15, 0.2) is 5.13 Å². The van der Waals surface area contributed by atoms with E-state index in [9.17, 15) is 0 Å². The number of aromatic nitrogens is 1. The first kappa shape index (κ1) is 18.0. The van der Waals surface area contributed by atoms with Gasteiger partial charge in [0.25, 0.3) is 0 Å². The van der Waals surface area contributed by atoms with E-state index in [0.29, 0.717) is 5.92 Å².